The number of furan rings is 1. The normalized spacial score (nSPS) is 12.4. The molecule has 1 atom stereocenters. The predicted molar refractivity (Wildman–Crippen MR) is 75.0 cm³/mol. The van der Waals surface area contributed by atoms with Crippen LogP contribution in [0.3, 0.4) is 0 Å². The summed E-state index contributed by atoms with van der Waals surface area (Å²) in [5.41, 5.74) is 0.506. The van der Waals surface area contributed by atoms with E-state index in [-0.39, 0.29) is 18.8 Å². The molecule has 120 valence electrons. The second kappa shape index (κ2) is 7.77. The third-order valence-corrected chi connectivity index (χ3v) is 3.01. The van der Waals surface area contributed by atoms with E-state index in [0.29, 0.717) is 17.1 Å². The van der Waals surface area contributed by atoms with Crippen molar-refractivity contribution in [1.29, 1.82) is 0 Å². The summed E-state index contributed by atoms with van der Waals surface area (Å²) in [5, 5.41) is 12.8. The zero-order valence-corrected chi connectivity index (χ0v) is 12.0. The number of nitrogens with one attached hydrogen (secondary N) is 1. The molecule has 2 rings (SSSR count). The molecule has 1 aromatic carbocycles. The Balaban J connectivity index is 1.98. The van der Waals surface area contributed by atoms with E-state index >= 15 is 0 Å². The van der Waals surface area contributed by atoms with Crippen LogP contribution >= 0.6 is 0 Å². The fourth-order valence-electron chi connectivity index (χ4n) is 1.96. The third-order valence-electron chi connectivity index (χ3n) is 3.01. The Hall–Kier alpha value is -2.12. The van der Waals surface area contributed by atoms with Crippen LogP contribution in [0.5, 0.6) is 11.5 Å². The number of hydrogen-bond donors (Lipinski definition) is 2. The van der Waals surface area contributed by atoms with Gasteiger partial charge in [0.25, 0.3) is 0 Å². The van der Waals surface area contributed by atoms with Crippen LogP contribution in [0.15, 0.2) is 41.0 Å². The van der Waals surface area contributed by atoms with E-state index in [1.54, 1.807) is 24.3 Å². The van der Waals surface area contributed by atoms with Gasteiger partial charge < -0.3 is 24.3 Å². The van der Waals surface area contributed by atoms with Gasteiger partial charge in [-0.2, -0.15) is 8.78 Å². The second-order valence-electron chi connectivity index (χ2n) is 4.51. The van der Waals surface area contributed by atoms with E-state index in [4.69, 9.17) is 9.15 Å². The minimum absolute atomic E-state index is 0.0655. The smallest absolute Gasteiger partial charge is 0.387 e. The van der Waals surface area contributed by atoms with Gasteiger partial charge in [0.15, 0.2) is 0 Å². The summed E-state index contributed by atoms with van der Waals surface area (Å²) in [4.78, 5) is 0. The summed E-state index contributed by atoms with van der Waals surface area (Å²) >= 11 is 0. The van der Waals surface area contributed by atoms with Crippen LogP contribution in [0.4, 0.5) is 8.78 Å². The van der Waals surface area contributed by atoms with Gasteiger partial charge >= 0.3 is 6.61 Å². The van der Waals surface area contributed by atoms with Gasteiger partial charge in [-0.1, -0.05) is 0 Å². The SMILES string of the molecule is COc1ccc(OC(F)F)c(CNCC(O)c2ccco2)c1. The standard InChI is InChI=1S/C15H17F2NO4/c1-20-11-4-5-13(22-15(16)17)10(7-11)8-18-9-12(19)14-3-2-6-21-14/h2-7,12,15,18-19H,8-9H2,1H3. The fraction of sp³-hybridized carbons (Fsp3) is 0.333. The predicted octanol–water partition coefficient (Wildman–Crippen LogP) is 2.71. The van der Waals surface area contributed by atoms with Gasteiger partial charge in [-0.3, -0.25) is 0 Å². The quantitative estimate of drug-likeness (QED) is 0.784. The number of ether oxygens (including phenoxy) is 2. The molecule has 0 bridgehead atoms. The lowest BCUT2D eigenvalue weighted by Crippen LogP contribution is -2.21. The van der Waals surface area contributed by atoms with Gasteiger partial charge in [0.2, 0.25) is 0 Å². The third kappa shape index (κ3) is 4.44. The number of aliphatic hydroxyl groups is 1. The van der Waals surface area contributed by atoms with Gasteiger partial charge in [0.1, 0.15) is 23.4 Å². The van der Waals surface area contributed by atoms with Crippen LogP contribution in [-0.2, 0) is 6.54 Å². The molecule has 0 aliphatic carbocycles. The molecular formula is C15H17F2NO4. The number of benzene rings is 1. The molecule has 1 aromatic heterocycles. The van der Waals surface area contributed by atoms with Crippen molar-refractivity contribution in [2.75, 3.05) is 13.7 Å². The van der Waals surface area contributed by atoms with Crippen LogP contribution < -0.4 is 14.8 Å². The number of methoxy groups -OCH3 is 1. The lowest BCUT2D eigenvalue weighted by molar-refractivity contribution is -0.0505. The first-order valence-electron chi connectivity index (χ1n) is 6.64. The maximum Gasteiger partial charge on any atom is 0.387 e. The molecule has 0 saturated carbocycles. The van der Waals surface area contributed by atoms with E-state index < -0.39 is 12.7 Å². The monoisotopic (exact) mass is 313 g/mol. The largest absolute Gasteiger partial charge is 0.497 e. The first kappa shape index (κ1) is 16.3. The van der Waals surface area contributed by atoms with E-state index in [0.717, 1.165) is 0 Å². The van der Waals surface area contributed by atoms with Crippen molar-refractivity contribution in [3.8, 4) is 11.5 Å². The fourth-order valence-corrected chi connectivity index (χ4v) is 1.96. The minimum atomic E-state index is -2.90. The molecule has 7 heteroatoms. The van der Waals surface area contributed by atoms with Crippen molar-refractivity contribution in [2.24, 2.45) is 0 Å². The Bertz CT molecular complexity index is 575. The van der Waals surface area contributed by atoms with E-state index in [9.17, 15) is 13.9 Å². The molecule has 0 amide bonds. The molecule has 1 unspecified atom stereocenters. The van der Waals surface area contributed by atoms with Gasteiger partial charge in [-0.25, -0.2) is 0 Å². The van der Waals surface area contributed by atoms with Crippen molar-refractivity contribution >= 4 is 0 Å². The van der Waals surface area contributed by atoms with Gasteiger partial charge in [-0.15, -0.1) is 0 Å². The summed E-state index contributed by atoms with van der Waals surface area (Å²) in [6.45, 7) is -2.46. The molecule has 0 saturated heterocycles. The Kier molecular flexibility index (Phi) is 5.74. The van der Waals surface area contributed by atoms with Crippen LogP contribution in [0.25, 0.3) is 0 Å². The molecule has 1 heterocycles. The number of rotatable bonds is 8. The Labute approximate surface area is 126 Å². The van der Waals surface area contributed by atoms with Crippen LogP contribution in [0, 0.1) is 0 Å². The summed E-state index contributed by atoms with van der Waals surface area (Å²) < 4.78 is 39.4. The molecule has 2 N–H and O–H groups in total. The first-order valence-corrected chi connectivity index (χ1v) is 6.64. The number of hydrogen-bond acceptors (Lipinski definition) is 5. The highest BCUT2D eigenvalue weighted by atomic mass is 19.3. The molecule has 5 nitrogen and oxygen atoms in total. The van der Waals surface area contributed by atoms with Crippen LogP contribution in [0.2, 0.25) is 0 Å². The zero-order chi connectivity index (χ0) is 15.9. The lowest BCUT2D eigenvalue weighted by Gasteiger charge is -2.14. The highest BCUT2D eigenvalue weighted by molar-refractivity contribution is 5.40. The Morgan fingerprint density at radius 1 is 1.32 bits per heavy atom. The van der Waals surface area contributed by atoms with E-state index in [1.165, 1.54) is 19.4 Å². The van der Waals surface area contributed by atoms with Crippen LogP contribution in [0.1, 0.15) is 17.4 Å². The molecule has 22 heavy (non-hydrogen) atoms. The maximum absolute atomic E-state index is 12.4. The molecule has 0 fully saturated rings. The lowest BCUT2D eigenvalue weighted by atomic mass is 10.2. The Morgan fingerprint density at radius 3 is 2.77 bits per heavy atom. The number of aliphatic hydroxyl groups excluding tert-OH is 1. The number of halogens is 2. The summed E-state index contributed by atoms with van der Waals surface area (Å²) in [5.74, 6) is 1.03. The van der Waals surface area contributed by atoms with Crippen molar-refractivity contribution in [3.63, 3.8) is 0 Å². The average molecular weight is 313 g/mol. The minimum Gasteiger partial charge on any atom is -0.497 e. The first-order chi connectivity index (χ1) is 10.6. The second-order valence-corrected chi connectivity index (χ2v) is 4.51. The van der Waals surface area contributed by atoms with E-state index in [1.807, 2.05) is 0 Å². The van der Waals surface area contributed by atoms with Crippen molar-refractivity contribution in [3.05, 3.63) is 47.9 Å². The van der Waals surface area contributed by atoms with Gasteiger partial charge in [0, 0.05) is 18.7 Å². The van der Waals surface area contributed by atoms with E-state index in [2.05, 4.69) is 10.1 Å². The zero-order valence-electron chi connectivity index (χ0n) is 12.0. The molecular weight excluding hydrogens is 296 g/mol. The van der Waals surface area contributed by atoms with Gasteiger partial charge in [0.05, 0.1) is 13.4 Å². The maximum atomic E-state index is 12.4. The van der Waals surface area contributed by atoms with Crippen molar-refractivity contribution < 1.29 is 27.8 Å². The molecule has 2 aromatic rings. The molecule has 0 radical (unpaired) electrons. The van der Waals surface area contributed by atoms with Gasteiger partial charge in [-0.05, 0) is 30.3 Å². The average Bonchev–Trinajstić information content (AvgIpc) is 3.02. The van der Waals surface area contributed by atoms with Crippen molar-refractivity contribution in [2.45, 2.75) is 19.3 Å². The van der Waals surface area contributed by atoms with Crippen molar-refractivity contribution in [1.82, 2.24) is 5.32 Å². The summed E-state index contributed by atoms with van der Waals surface area (Å²) in [7, 11) is 1.49. The highest BCUT2D eigenvalue weighted by Gasteiger charge is 2.13. The topological polar surface area (TPSA) is 63.9 Å². The molecule has 0 aliphatic heterocycles. The number of alkyl halides is 2. The molecule has 0 aliphatic rings. The highest BCUT2D eigenvalue weighted by Crippen LogP contribution is 2.25. The Morgan fingerprint density at radius 2 is 2.14 bits per heavy atom. The van der Waals surface area contributed by atoms with Crippen LogP contribution in [-0.4, -0.2) is 25.4 Å². The summed E-state index contributed by atoms with van der Waals surface area (Å²) in [6, 6.07) is 7.90. The molecule has 0 spiro atoms. The summed E-state index contributed by atoms with van der Waals surface area (Å²) in [6.07, 6.45) is 0.648.